The lowest BCUT2D eigenvalue weighted by Crippen LogP contribution is -2.60. The predicted octanol–water partition coefficient (Wildman–Crippen LogP) is 2.62. The molecule has 0 saturated heterocycles. The number of likely N-dealkylation sites (N-methyl/N-ethyl adjacent to an activating group) is 6. The standard InChI is InChI=1S/C46H87N9O8/c1-25(2)21-33(47-15)40(57)51-37(29(9)10)46(63)52(17)34(22-26(3)4)41(58)49-31(13)39(56)50-32(14)43(60)53(18)35(23-27(5)6)44(61)54(19)36(24-28(7)8)45(62)55(20)38(30(11)12)42(59)48-16/h25-38,47H,21-24H2,1-20H3,(H,48,59)(H,49,58)(H,50,56)(H,51,57)/t31-,32+,33-,34-,35-,36-,37-,38-/m0/s1. The second-order valence-electron chi connectivity index (χ2n) is 19.7. The molecular weight excluding hydrogens is 807 g/mol. The molecule has 0 spiro atoms. The maximum Gasteiger partial charge on any atom is 0.245 e. The number of nitrogens with one attached hydrogen (secondary N) is 5. The molecule has 5 N–H and O–H groups in total. The summed E-state index contributed by atoms with van der Waals surface area (Å²) in [5.41, 5.74) is 0. The number of nitrogens with zero attached hydrogens (tertiary/aromatic N) is 4. The summed E-state index contributed by atoms with van der Waals surface area (Å²) in [4.78, 5) is 115. The molecule has 0 rings (SSSR count). The van der Waals surface area contributed by atoms with Crippen molar-refractivity contribution in [1.29, 1.82) is 0 Å². The molecule has 0 aromatic rings. The zero-order valence-electron chi connectivity index (χ0n) is 42.5. The van der Waals surface area contributed by atoms with Crippen molar-refractivity contribution in [3.63, 3.8) is 0 Å². The molecule has 0 aromatic carbocycles. The highest BCUT2D eigenvalue weighted by molar-refractivity contribution is 5.97. The average molecular weight is 894 g/mol. The molecule has 0 saturated carbocycles. The van der Waals surface area contributed by atoms with Crippen LogP contribution in [0.1, 0.15) is 123 Å². The second kappa shape index (κ2) is 27.1. The summed E-state index contributed by atoms with van der Waals surface area (Å²) >= 11 is 0. The van der Waals surface area contributed by atoms with Crippen molar-refractivity contribution in [2.45, 2.75) is 171 Å². The Labute approximate surface area is 379 Å². The van der Waals surface area contributed by atoms with Crippen LogP contribution in [0, 0.1) is 35.5 Å². The summed E-state index contributed by atoms with van der Waals surface area (Å²) in [6, 6.07) is -7.28. The Hall–Kier alpha value is -4.28. The Balaban J connectivity index is 6.31. The van der Waals surface area contributed by atoms with Crippen LogP contribution in [0.25, 0.3) is 0 Å². The fraction of sp³-hybridized carbons (Fsp3) is 0.826. The van der Waals surface area contributed by atoms with E-state index in [0.717, 1.165) is 0 Å². The van der Waals surface area contributed by atoms with Gasteiger partial charge in [0, 0.05) is 35.2 Å². The van der Waals surface area contributed by atoms with Crippen molar-refractivity contribution in [2.75, 3.05) is 42.3 Å². The largest absolute Gasteiger partial charge is 0.357 e. The van der Waals surface area contributed by atoms with Crippen LogP contribution in [0.4, 0.5) is 0 Å². The summed E-state index contributed by atoms with van der Waals surface area (Å²) in [6.45, 7) is 25.8. The molecular formula is C46H87N9O8. The smallest absolute Gasteiger partial charge is 0.245 e. The van der Waals surface area contributed by atoms with Crippen molar-refractivity contribution < 1.29 is 38.4 Å². The van der Waals surface area contributed by atoms with Crippen molar-refractivity contribution in [3.8, 4) is 0 Å². The van der Waals surface area contributed by atoms with Gasteiger partial charge in [-0.2, -0.15) is 0 Å². The van der Waals surface area contributed by atoms with Gasteiger partial charge in [0.15, 0.2) is 0 Å². The van der Waals surface area contributed by atoms with E-state index in [1.54, 1.807) is 14.1 Å². The zero-order chi connectivity index (χ0) is 49.4. The first-order valence-corrected chi connectivity index (χ1v) is 22.8. The van der Waals surface area contributed by atoms with Gasteiger partial charge in [0.05, 0.1) is 6.04 Å². The summed E-state index contributed by atoms with van der Waals surface area (Å²) in [7, 11) is 9.30. The molecule has 0 unspecified atom stereocenters. The topological polar surface area (TPSA) is 210 Å². The predicted molar refractivity (Wildman–Crippen MR) is 248 cm³/mol. The van der Waals surface area contributed by atoms with E-state index in [-0.39, 0.29) is 60.2 Å². The molecule has 0 fully saturated rings. The van der Waals surface area contributed by atoms with Gasteiger partial charge >= 0.3 is 0 Å². The van der Waals surface area contributed by atoms with Crippen molar-refractivity contribution in [1.82, 2.24) is 46.2 Å². The molecule has 63 heavy (non-hydrogen) atoms. The van der Waals surface area contributed by atoms with Crippen molar-refractivity contribution in [2.24, 2.45) is 35.5 Å². The molecule has 0 aliphatic heterocycles. The first-order chi connectivity index (χ1) is 29.0. The number of rotatable bonds is 26. The van der Waals surface area contributed by atoms with Gasteiger partial charge in [0.25, 0.3) is 0 Å². The third-order valence-electron chi connectivity index (χ3n) is 11.4. The molecule has 17 nitrogen and oxygen atoms in total. The van der Waals surface area contributed by atoms with E-state index in [1.807, 2.05) is 83.1 Å². The first-order valence-electron chi connectivity index (χ1n) is 22.8. The minimum Gasteiger partial charge on any atom is -0.357 e. The molecule has 0 bridgehead atoms. The van der Waals surface area contributed by atoms with Crippen molar-refractivity contribution >= 4 is 47.3 Å². The Morgan fingerprint density at radius 2 is 0.794 bits per heavy atom. The first kappa shape index (κ1) is 58.7. The zero-order valence-corrected chi connectivity index (χ0v) is 42.5. The van der Waals surface area contributed by atoms with Crippen LogP contribution < -0.4 is 26.6 Å². The third kappa shape index (κ3) is 18.0. The quantitative estimate of drug-likeness (QED) is 0.0864. The van der Waals surface area contributed by atoms with Gasteiger partial charge in [0.1, 0.15) is 42.3 Å². The minimum absolute atomic E-state index is 0.0118. The fourth-order valence-corrected chi connectivity index (χ4v) is 7.67. The van der Waals surface area contributed by atoms with Crippen LogP contribution in [0.2, 0.25) is 0 Å². The average Bonchev–Trinajstić information content (AvgIpc) is 3.19. The monoisotopic (exact) mass is 894 g/mol. The van der Waals surface area contributed by atoms with Crippen LogP contribution in [0.15, 0.2) is 0 Å². The molecule has 364 valence electrons. The van der Waals surface area contributed by atoms with E-state index < -0.39 is 83.8 Å². The molecule has 0 heterocycles. The van der Waals surface area contributed by atoms with E-state index in [1.165, 1.54) is 61.6 Å². The van der Waals surface area contributed by atoms with E-state index in [0.29, 0.717) is 12.8 Å². The Bertz CT molecular complexity index is 1530. The maximum absolute atomic E-state index is 14.4. The Morgan fingerprint density at radius 3 is 1.19 bits per heavy atom. The van der Waals surface area contributed by atoms with Crippen molar-refractivity contribution in [3.05, 3.63) is 0 Å². The highest BCUT2D eigenvalue weighted by atomic mass is 16.2. The van der Waals surface area contributed by atoms with Gasteiger partial charge in [-0.3, -0.25) is 38.4 Å². The Morgan fingerprint density at radius 1 is 0.397 bits per heavy atom. The number of carbonyl (C=O) groups excluding carboxylic acids is 8. The summed E-state index contributed by atoms with van der Waals surface area (Å²) < 4.78 is 0. The van der Waals surface area contributed by atoms with Crippen LogP contribution in [0.5, 0.6) is 0 Å². The van der Waals surface area contributed by atoms with Gasteiger partial charge in [-0.1, -0.05) is 83.1 Å². The summed E-state index contributed by atoms with van der Waals surface area (Å²) in [5, 5.41) is 13.9. The molecule has 0 aliphatic rings. The van der Waals surface area contributed by atoms with E-state index >= 15 is 0 Å². The molecule has 0 aromatic heterocycles. The van der Waals surface area contributed by atoms with E-state index in [9.17, 15) is 38.4 Å². The number of hydrogen-bond donors (Lipinski definition) is 5. The lowest BCUT2D eigenvalue weighted by Gasteiger charge is -2.39. The van der Waals surface area contributed by atoms with E-state index in [2.05, 4.69) is 26.6 Å². The lowest BCUT2D eigenvalue weighted by molar-refractivity contribution is -0.153. The fourth-order valence-electron chi connectivity index (χ4n) is 7.67. The van der Waals surface area contributed by atoms with Gasteiger partial charge in [0.2, 0.25) is 47.3 Å². The van der Waals surface area contributed by atoms with Crippen LogP contribution in [-0.4, -0.2) is 157 Å². The normalized spacial score (nSPS) is 15.5. The molecule has 8 amide bonds. The number of amides is 8. The highest BCUT2D eigenvalue weighted by Crippen LogP contribution is 2.22. The van der Waals surface area contributed by atoms with Crippen LogP contribution >= 0.6 is 0 Å². The van der Waals surface area contributed by atoms with Crippen LogP contribution in [-0.2, 0) is 38.4 Å². The molecule has 17 heteroatoms. The minimum atomic E-state index is -1.12. The second-order valence-corrected chi connectivity index (χ2v) is 19.7. The summed E-state index contributed by atoms with van der Waals surface area (Å²) in [5.74, 6) is -4.00. The van der Waals surface area contributed by atoms with Gasteiger partial charge in [-0.05, 0) is 82.1 Å². The number of carbonyl (C=O) groups is 8. The lowest BCUT2D eigenvalue weighted by atomic mass is 9.96. The van der Waals surface area contributed by atoms with Gasteiger partial charge in [-0.15, -0.1) is 0 Å². The number of hydrogen-bond acceptors (Lipinski definition) is 9. The third-order valence-corrected chi connectivity index (χ3v) is 11.4. The van der Waals surface area contributed by atoms with Gasteiger partial charge in [-0.25, -0.2) is 0 Å². The summed E-state index contributed by atoms with van der Waals surface area (Å²) in [6.07, 6.45) is 1.44. The Kier molecular flexibility index (Phi) is 25.3. The molecule has 8 atom stereocenters. The van der Waals surface area contributed by atoms with E-state index in [4.69, 9.17) is 0 Å². The maximum atomic E-state index is 14.4. The highest BCUT2D eigenvalue weighted by Gasteiger charge is 2.41. The SMILES string of the molecule is CNC(=O)[C@H](C(C)C)N(C)C(=O)[C@H](CC(C)C)N(C)C(=O)[C@H](CC(C)C)N(C)C(=O)[C@@H](C)NC(=O)[C@H](C)NC(=O)[C@H](CC(C)C)N(C)C(=O)[C@@H](NC(=O)[C@H](CC(C)C)NC)C(C)C. The van der Waals surface area contributed by atoms with Crippen LogP contribution in [0.3, 0.4) is 0 Å². The van der Waals surface area contributed by atoms with Gasteiger partial charge < -0.3 is 46.2 Å². The molecule has 0 radical (unpaired) electrons. The molecule has 0 aliphatic carbocycles.